The Morgan fingerprint density at radius 2 is 1.88 bits per heavy atom. The number of hydrogen-bond donors (Lipinski definition) is 2. The first-order chi connectivity index (χ1) is 11.4. The first-order valence-electron chi connectivity index (χ1n) is 7.35. The van der Waals surface area contributed by atoms with Crippen molar-refractivity contribution >= 4 is 36.9 Å². The van der Waals surface area contributed by atoms with Crippen LogP contribution >= 0.6 is 15.9 Å². The number of nitrogens with one attached hydrogen (secondary N) is 1. The van der Waals surface area contributed by atoms with Crippen molar-refractivity contribution in [3.05, 3.63) is 64.8 Å². The number of benzene rings is 2. The van der Waals surface area contributed by atoms with E-state index in [-0.39, 0.29) is 11.4 Å². The molecule has 0 aliphatic rings. The summed E-state index contributed by atoms with van der Waals surface area (Å²) in [7, 11) is -1.70. The van der Waals surface area contributed by atoms with Gasteiger partial charge in [-0.3, -0.25) is 0 Å². The minimum absolute atomic E-state index is 0.0866. The van der Waals surface area contributed by atoms with Gasteiger partial charge in [0.05, 0.1) is 11.0 Å². The molecule has 0 saturated heterocycles. The second-order valence-corrected chi connectivity index (χ2v) is 8.25. The molecule has 24 heavy (non-hydrogen) atoms. The average Bonchev–Trinajstić information content (AvgIpc) is 2.94. The maximum atomic E-state index is 12.3. The molecule has 1 atom stereocenters. The number of aromatic nitrogens is 1. The van der Waals surface area contributed by atoms with Gasteiger partial charge < -0.3 is 9.67 Å². The predicted octanol–water partition coefficient (Wildman–Crippen LogP) is 2.95. The van der Waals surface area contributed by atoms with Crippen LogP contribution in [0, 0.1) is 0 Å². The lowest BCUT2D eigenvalue weighted by molar-refractivity contribution is 0.182. The molecule has 5 nitrogen and oxygen atoms in total. The zero-order chi connectivity index (χ0) is 17.3. The Morgan fingerprint density at radius 1 is 1.17 bits per heavy atom. The van der Waals surface area contributed by atoms with Crippen molar-refractivity contribution in [3.8, 4) is 0 Å². The molecule has 1 heterocycles. The third-order valence-electron chi connectivity index (χ3n) is 3.88. The topological polar surface area (TPSA) is 71.3 Å². The molecule has 3 rings (SSSR count). The number of aliphatic hydroxyl groups is 1. The van der Waals surface area contributed by atoms with E-state index < -0.39 is 16.1 Å². The van der Waals surface area contributed by atoms with Crippen LogP contribution in [0.4, 0.5) is 0 Å². The van der Waals surface area contributed by atoms with Gasteiger partial charge in [-0.05, 0) is 53.4 Å². The standard InChI is InChI=1S/C17H17BrN2O3S/c1-20-9-8-12-10-13(2-7-16(12)20)17(21)11-19-24(22,23)15-5-3-14(18)4-6-15/h2-10,17,19,21H,11H2,1H3. The number of hydrogen-bond acceptors (Lipinski definition) is 3. The number of fused-ring (bicyclic) bond motifs is 1. The van der Waals surface area contributed by atoms with E-state index >= 15 is 0 Å². The van der Waals surface area contributed by atoms with E-state index in [0.717, 1.165) is 15.4 Å². The van der Waals surface area contributed by atoms with Crippen molar-refractivity contribution in [2.24, 2.45) is 7.05 Å². The minimum atomic E-state index is -3.65. The molecule has 7 heteroatoms. The zero-order valence-electron chi connectivity index (χ0n) is 13.0. The van der Waals surface area contributed by atoms with Crippen LogP contribution in [-0.2, 0) is 17.1 Å². The van der Waals surface area contributed by atoms with Gasteiger partial charge in [-0.2, -0.15) is 0 Å². The SMILES string of the molecule is Cn1ccc2cc(C(O)CNS(=O)(=O)c3ccc(Br)cc3)ccc21. The summed E-state index contributed by atoms with van der Waals surface area (Å²) in [6.45, 7) is -0.0866. The van der Waals surface area contributed by atoms with Gasteiger partial charge >= 0.3 is 0 Å². The highest BCUT2D eigenvalue weighted by molar-refractivity contribution is 9.10. The molecule has 0 radical (unpaired) electrons. The molecule has 2 N–H and O–H groups in total. The molecule has 2 aromatic carbocycles. The summed E-state index contributed by atoms with van der Waals surface area (Å²) in [5, 5.41) is 11.3. The number of aliphatic hydroxyl groups excluding tert-OH is 1. The van der Waals surface area contributed by atoms with Gasteiger partial charge in [0.25, 0.3) is 0 Å². The third-order valence-corrected chi connectivity index (χ3v) is 5.85. The van der Waals surface area contributed by atoms with Crippen LogP contribution in [0.25, 0.3) is 10.9 Å². The summed E-state index contributed by atoms with van der Waals surface area (Å²) >= 11 is 3.27. The van der Waals surface area contributed by atoms with E-state index in [1.165, 1.54) is 12.1 Å². The molecule has 3 aromatic rings. The lowest BCUT2D eigenvalue weighted by Gasteiger charge is -2.13. The first kappa shape index (κ1) is 17.2. The highest BCUT2D eigenvalue weighted by atomic mass is 79.9. The zero-order valence-corrected chi connectivity index (χ0v) is 15.4. The molecule has 0 amide bonds. The Labute approximate surface area is 149 Å². The summed E-state index contributed by atoms with van der Waals surface area (Å²) in [6.07, 6.45) is 1.02. The van der Waals surface area contributed by atoms with E-state index in [1.54, 1.807) is 18.2 Å². The Bertz CT molecular complexity index is 965. The maximum absolute atomic E-state index is 12.3. The van der Waals surface area contributed by atoms with Crippen LogP contribution in [0.1, 0.15) is 11.7 Å². The minimum Gasteiger partial charge on any atom is -0.387 e. The van der Waals surface area contributed by atoms with Crippen molar-refractivity contribution < 1.29 is 13.5 Å². The molecule has 0 aliphatic carbocycles. The van der Waals surface area contributed by atoms with Crippen LogP contribution in [0.2, 0.25) is 0 Å². The van der Waals surface area contributed by atoms with Gasteiger partial charge in [0.15, 0.2) is 0 Å². The number of rotatable bonds is 5. The molecule has 0 spiro atoms. The molecule has 1 unspecified atom stereocenters. The van der Waals surface area contributed by atoms with Crippen molar-refractivity contribution in [2.45, 2.75) is 11.0 Å². The highest BCUT2D eigenvalue weighted by Gasteiger charge is 2.17. The summed E-state index contributed by atoms with van der Waals surface area (Å²) in [6, 6.07) is 13.9. The normalized spacial score (nSPS) is 13.3. The average molecular weight is 409 g/mol. The lowest BCUT2D eigenvalue weighted by Crippen LogP contribution is -2.28. The fourth-order valence-corrected chi connectivity index (χ4v) is 3.81. The van der Waals surface area contributed by atoms with Gasteiger partial charge in [-0.15, -0.1) is 0 Å². The van der Waals surface area contributed by atoms with E-state index in [9.17, 15) is 13.5 Å². The van der Waals surface area contributed by atoms with E-state index in [4.69, 9.17) is 0 Å². The second-order valence-electron chi connectivity index (χ2n) is 5.57. The molecular weight excluding hydrogens is 392 g/mol. The van der Waals surface area contributed by atoms with Crippen LogP contribution in [0.15, 0.2) is 64.1 Å². The van der Waals surface area contributed by atoms with E-state index in [1.807, 2.05) is 36.0 Å². The van der Waals surface area contributed by atoms with Gasteiger partial charge in [0.1, 0.15) is 0 Å². The van der Waals surface area contributed by atoms with E-state index in [2.05, 4.69) is 20.7 Å². The largest absolute Gasteiger partial charge is 0.387 e. The smallest absolute Gasteiger partial charge is 0.240 e. The van der Waals surface area contributed by atoms with Crippen molar-refractivity contribution in [1.82, 2.24) is 9.29 Å². The maximum Gasteiger partial charge on any atom is 0.240 e. The Balaban J connectivity index is 1.73. The highest BCUT2D eigenvalue weighted by Crippen LogP contribution is 2.21. The second kappa shape index (κ2) is 6.68. The number of aryl methyl sites for hydroxylation is 1. The Morgan fingerprint density at radius 3 is 2.58 bits per heavy atom. The van der Waals surface area contributed by atoms with E-state index in [0.29, 0.717) is 5.56 Å². The van der Waals surface area contributed by atoms with Crippen LogP contribution in [0.3, 0.4) is 0 Å². The lowest BCUT2D eigenvalue weighted by atomic mass is 10.1. The van der Waals surface area contributed by atoms with Crippen molar-refractivity contribution in [3.63, 3.8) is 0 Å². The summed E-state index contributed by atoms with van der Waals surface area (Å²) in [5.74, 6) is 0. The Hall–Kier alpha value is -1.67. The summed E-state index contributed by atoms with van der Waals surface area (Å²) in [4.78, 5) is 0.163. The van der Waals surface area contributed by atoms with Gasteiger partial charge in [-0.25, -0.2) is 13.1 Å². The van der Waals surface area contributed by atoms with Crippen molar-refractivity contribution in [2.75, 3.05) is 6.54 Å². The third kappa shape index (κ3) is 3.54. The van der Waals surface area contributed by atoms with Gasteiger partial charge in [-0.1, -0.05) is 22.0 Å². The molecule has 0 fully saturated rings. The predicted molar refractivity (Wildman–Crippen MR) is 97.2 cm³/mol. The fraction of sp³-hybridized carbons (Fsp3) is 0.176. The summed E-state index contributed by atoms with van der Waals surface area (Å²) in [5.41, 5.74) is 1.73. The molecule has 0 aliphatic heterocycles. The van der Waals surface area contributed by atoms with Crippen LogP contribution in [-0.4, -0.2) is 24.6 Å². The quantitative estimate of drug-likeness (QED) is 0.681. The van der Waals surface area contributed by atoms with Crippen molar-refractivity contribution in [1.29, 1.82) is 0 Å². The van der Waals surface area contributed by atoms with Gasteiger partial charge in [0, 0.05) is 29.8 Å². The van der Waals surface area contributed by atoms with Crippen LogP contribution < -0.4 is 4.72 Å². The molecule has 126 valence electrons. The van der Waals surface area contributed by atoms with Gasteiger partial charge in [0.2, 0.25) is 10.0 Å². The molecule has 1 aromatic heterocycles. The number of halogens is 1. The molecule has 0 bridgehead atoms. The first-order valence-corrected chi connectivity index (χ1v) is 9.63. The molecule has 0 saturated carbocycles. The monoisotopic (exact) mass is 408 g/mol. The molecular formula is C17H17BrN2O3S. The van der Waals surface area contributed by atoms with Crippen LogP contribution in [0.5, 0.6) is 0 Å². The fourth-order valence-electron chi connectivity index (χ4n) is 2.51. The summed E-state index contributed by atoms with van der Waals surface area (Å²) < 4.78 is 29.7. The number of sulfonamides is 1. The number of nitrogens with zero attached hydrogens (tertiary/aromatic N) is 1. The Kier molecular flexibility index (Phi) is 4.78.